The normalized spacial score (nSPS) is 19.4. The maximum atomic E-state index is 12.3. The van der Waals surface area contributed by atoms with Crippen molar-refractivity contribution in [3.05, 3.63) is 36.0 Å². The minimum Gasteiger partial charge on any atom is -0.361 e. The zero-order valence-electron chi connectivity index (χ0n) is 12.1. The molecule has 20 heavy (non-hydrogen) atoms. The summed E-state index contributed by atoms with van der Waals surface area (Å²) in [6.07, 6.45) is 5.89. The molecule has 2 aromatic rings. The smallest absolute Gasteiger partial charge is 0.222 e. The van der Waals surface area contributed by atoms with E-state index in [0.29, 0.717) is 18.2 Å². The van der Waals surface area contributed by atoms with E-state index in [0.717, 1.165) is 31.4 Å². The molecule has 0 unspecified atom stereocenters. The van der Waals surface area contributed by atoms with Gasteiger partial charge in [0.2, 0.25) is 5.91 Å². The van der Waals surface area contributed by atoms with Crippen LogP contribution in [0.1, 0.15) is 31.7 Å². The van der Waals surface area contributed by atoms with E-state index in [2.05, 4.69) is 24.0 Å². The molecule has 3 heteroatoms. The van der Waals surface area contributed by atoms with E-state index >= 15 is 0 Å². The van der Waals surface area contributed by atoms with Crippen molar-refractivity contribution in [3.8, 4) is 0 Å². The van der Waals surface area contributed by atoms with Gasteiger partial charge in [0, 0.05) is 36.6 Å². The van der Waals surface area contributed by atoms with Gasteiger partial charge in [-0.3, -0.25) is 4.79 Å². The van der Waals surface area contributed by atoms with Crippen LogP contribution < -0.4 is 0 Å². The molecule has 0 aliphatic carbocycles. The second-order valence-corrected chi connectivity index (χ2v) is 5.95. The number of hydrogen-bond acceptors (Lipinski definition) is 1. The fourth-order valence-electron chi connectivity index (χ4n) is 3.15. The highest BCUT2D eigenvalue weighted by Gasteiger charge is 2.20. The van der Waals surface area contributed by atoms with Crippen LogP contribution in [-0.4, -0.2) is 28.9 Å². The first kappa shape index (κ1) is 13.2. The quantitative estimate of drug-likeness (QED) is 0.912. The lowest BCUT2D eigenvalue weighted by atomic mass is 9.99. The van der Waals surface area contributed by atoms with Gasteiger partial charge in [-0.1, -0.05) is 25.1 Å². The molecule has 1 atom stereocenters. The first-order valence-electron chi connectivity index (χ1n) is 7.57. The van der Waals surface area contributed by atoms with Gasteiger partial charge in [0.25, 0.3) is 0 Å². The Morgan fingerprint density at radius 3 is 3.10 bits per heavy atom. The first-order chi connectivity index (χ1) is 9.74. The van der Waals surface area contributed by atoms with Crippen LogP contribution >= 0.6 is 0 Å². The number of likely N-dealkylation sites (tertiary alicyclic amines) is 1. The van der Waals surface area contributed by atoms with E-state index < -0.39 is 0 Å². The minimum absolute atomic E-state index is 0.307. The average Bonchev–Trinajstić information content (AvgIpc) is 2.88. The molecule has 0 spiro atoms. The van der Waals surface area contributed by atoms with Crippen LogP contribution in [0, 0.1) is 5.92 Å². The van der Waals surface area contributed by atoms with E-state index in [1.54, 1.807) is 0 Å². The summed E-state index contributed by atoms with van der Waals surface area (Å²) in [6, 6.07) is 8.28. The molecule has 1 saturated heterocycles. The van der Waals surface area contributed by atoms with E-state index in [-0.39, 0.29) is 0 Å². The summed E-state index contributed by atoms with van der Waals surface area (Å²) in [5.41, 5.74) is 2.40. The number of H-pyrrole nitrogens is 1. The Kier molecular flexibility index (Phi) is 3.77. The van der Waals surface area contributed by atoms with Crippen molar-refractivity contribution < 1.29 is 4.79 Å². The highest BCUT2D eigenvalue weighted by atomic mass is 16.2. The maximum Gasteiger partial charge on any atom is 0.222 e. The molecule has 1 aliphatic heterocycles. The molecular weight excluding hydrogens is 248 g/mol. The van der Waals surface area contributed by atoms with E-state index in [1.165, 1.54) is 17.4 Å². The predicted octanol–water partition coefficient (Wildman–Crippen LogP) is 3.36. The van der Waals surface area contributed by atoms with Crippen molar-refractivity contribution in [3.63, 3.8) is 0 Å². The Morgan fingerprint density at radius 2 is 2.25 bits per heavy atom. The Bertz CT molecular complexity index is 602. The number of piperidine rings is 1. The van der Waals surface area contributed by atoms with Gasteiger partial charge in [0.1, 0.15) is 0 Å². The average molecular weight is 270 g/mol. The SMILES string of the molecule is C[C@@H]1CCCN(C(=O)CCc2c[nH]c3ccccc23)C1. The number of nitrogens with one attached hydrogen (secondary N) is 1. The molecule has 0 radical (unpaired) electrons. The molecule has 3 rings (SSSR count). The molecule has 3 nitrogen and oxygen atoms in total. The van der Waals surface area contributed by atoms with E-state index in [1.807, 2.05) is 23.2 Å². The summed E-state index contributed by atoms with van der Waals surface area (Å²) in [7, 11) is 0. The van der Waals surface area contributed by atoms with Gasteiger partial charge >= 0.3 is 0 Å². The number of carbonyl (C=O) groups excluding carboxylic acids is 1. The van der Waals surface area contributed by atoms with Gasteiger partial charge in [-0.25, -0.2) is 0 Å². The van der Waals surface area contributed by atoms with Crippen LogP contribution in [0.4, 0.5) is 0 Å². The molecule has 1 aliphatic rings. The van der Waals surface area contributed by atoms with Crippen molar-refractivity contribution in [1.82, 2.24) is 9.88 Å². The molecule has 2 heterocycles. The fraction of sp³-hybridized carbons (Fsp3) is 0.471. The highest BCUT2D eigenvalue weighted by molar-refractivity contribution is 5.84. The lowest BCUT2D eigenvalue weighted by Gasteiger charge is -2.31. The summed E-state index contributed by atoms with van der Waals surface area (Å²) < 4.78 is 0. The molecule has 1 N–H and O–H groups in total. The van der Waals surface area contributed by atoms with Crippen LogP contribution in [-0.2, 0) is 11.2 Å². The number of aromatic amines is 1. The molecule has 0 bridgehead atoms. The lowest BCUT2D eigenvalue weighted by Crippen LogP contribution is -2.39. The summed E-state index contributed by atoms with van der Waals surface area (Å²) in [5, 5.41) is 1.24. The van der Waals surface area contributed by atoms with Gasteiger partial charge in [0.05, 0.1) is 0 Å². The van der Waals surface area contributed by atoms with Crippen molar-refractivity contribution in [2.45, 2.75) is 32.6 Å². The Balaban J connectivity index is 1.63. The highest BCUT2D eigenvalue weighted by Crippen LogP contribution is 2.20. The standard InChI is InChI=1S/C17H22N2O/c1-13-5-4-10-19(12-13)17(20)9-8-14-11-18-16-7-3-2-6-15(14)16/h2-3,6-7,11,13,18H,4-5,8-10,12H2,1H3/t13-/m1/s1. The number of amides is 1. The molecule has 106 valence electrons. The number of para-hydroxylation sites is 1. The zero-order valence-corrected chi connectivity index (χ0v) is 12.1. The number of rotatable bonds is 3. The summed E-state index contributed by atoms with van der Waals surface area (Å²) in [5.74, 6) is 0.961. The lowest BCUT2D eigenvalue weighted by molar-refractivity contribution is -0.132. The maximum absolute atomic E-state index is 12.3. The molecule has 1 aromatic heterocycles. The number of carbonyl (C=O) groups is 1. The van der Waals surface area contributed by atoms with E-state index in [9.17, 15) is 4.79 Å². The summed E-state index contributed by atoms with van der Waals surface area (Å²) in [6.45, 7) is 4.11. The summed E-state index contributed by atoms with van der Waals surface area (Å²) >= 11 is 0. The van der Waals surface area contributed by atoms with Crippen LogP contribution in [0.3, 0.4) is 0 Å². The number of hydrogen-bond donors (Lipinski definition) is 1. The number of fused-ring (bicyclic) bond motifs is 1. The second-order valence-electron chi connectivity index (χ2n) is 5.95. The monoisotopic (exact) mass is 270 g/mol. The minimum atomic E-state index is 0.307. The van der Waals surface area contributed by atoms with Gasteiger partial charge in [-0.05, 0) is 36.8 Å². The number of aromatic nitrogens is 1. The van der Waals surface area contributed by atoms with Gasteiger partial charge in [-0.15, -0.1) is 0 Å². The second kappa shape index (κ2) is 5.70. The summed E-state index contributed by atoms with van der Waals surface area (Å²) in [4.78, 5) is 17.6. The zero-order chi connectivity index (χ0) is 13.9. The Hall–Kier alpha value is -1.77. The Labute approximate surface area is 120 Å². The van der Waals surface area contributed by atoms with Crippen molar-refractivity contribution in [1.29, 1.82) is 0 Å². The molecule has 0 saturated carbocycles. The molecule has 1 aromatic carbocycles. The fourth-order valence-corrected chi connectivity index (χ4v) is 3.15. The van der Waals surface area contributed by atoms with Crippen LogP contribution in [0.15, 0.2) is 30.5 Å². The Morgan fingerprint density at radius 1 is 1.40 bits per heavy atom. The van der Waals surface area contributed by atoms with Crippen molar-refractivity contribution >= 4 is 16.8 Å². The number of benzene rings is 1. The van der Waals surface area contributed by atoms with Crippen molar-refractivity contribution in [2.75, 3.05) is 13.1 Å². The van der Waals surface area contributed by atoms with Crippen LogP contribution in [0.2, 0.25) is 0 Å². The third kappa shape index (κ3) is 2.72. The number of nitrogens with zero attached hydrogens (tertiary/aromatic N) is 1. The third-order valence-corrected chi connectivity index (χ3v) is 4.29. The molecular formula is C17H22N2O. The van der Waals surface area contributed by atoms with Gasteiger partial charge in [0.15, 0.2) is 0 Å². The van der Waals surface area contributed by atoms with Gasteiger partial charge < -0.3 is 9.88 Å². The third-order valence-electron chi connectivity index (χ3n) is 4.29. The largest absolute Gasteiger partial charge is 0.361 e. The van der Waals surface area contributed by atoms with Gasteiger partial charge in [-0.2, -0.15) is 0 Å². The topological polar surface area (TPSA) is 36.1 Å². The van der Waals surface area contributed by atoms with E-state index in [4.69, 9.17) is 0 Å². The number of aryl methyl sites for hydroxylation is 1. The predicted molar refractivity (Wildman–Crippen MR) is 81.6 cm³/mol. The van der Waals surface area contributed by atoms with Crippen molar-refractivity contribution in [2.24, 2.45) is 5.92 Å². The molecule has 1 fully saturated rings. The molecule has 1 amide bonds. The van der Waals surface area contributed by atoms with Crippen LogP contribution in [0.25, 0.3) is 10.9 Å². The van der Waals surface area contributed by atoms with Crippen LogP contribution in [0.5, 0.6) is 0 Å². The first-order valence-corrected chi connectivity index (χ1v) is 7.57.